The number of anilines is 1. The maximum absolute atomic E-state index is 12.0. The van der Waals surface area contributed by atoms with Crippen LogP contribution in [0.2, 0.25) is 0 Å². The van der Waals surface area contributed by atoms with Gasteiger partial charge in [0.25, 0.3) is 5.91 Å². The highest BCUT2D eigenvalue weighted by Gasteiger charge is 2.11. The first kappa shape index (κ1) is 12.6. The second-order valence-corrected chi connectivity index (χ2v) is 4.72. The van der Waals surface area contributed by atoms with Gasteiger partial charge in [0.2, 0.25) is 0 Å². The van der Waals surface area contributed by atoms with Gasteiger partial charge in [-0.15, -0.1) is 0 Å². The van der Waals surface area contributed by atoms with Crippen LogP contribution in [-0.2, 0) is 6.54 Å². The van der Waals surface area contributed by atoms with Crippen molar-refractivity contribution < 1.29 is 4.79 Å². The van der Waals surface area contributed by atoms with Gasteiger partial charge in [-0.05, 0) is 35.4 Å². The Kier molecular flexibility index (Phi) is 3.94. The van der Waals surface area contributed by atoms with Crippen LogP contribution < -0.4 is 10.6 Å². The van der Waals surface area contributed by atoms with Crippen LogP contribution in [0.1, 0.15) is 21.6 Å². The first-order chi connectivity index (χ1) is 8.70. The Bertz CT molecular complexity index is 537. The van der Waals surface area contributed by atoms with Gasteiger partial charge in [0.1, 0.15) is 0 Å². The number of aromatic nitrogens is 1. The van der Waals surface area contributed by atoms with Crippen molar-refractivity contribution in [3.63, 3.8) is 0 Å². The van der Waals surface area contributed by atoms with Crippen molar-refractivity contribution in [3.05, 3.63) is 45.9 Å². The van der Waals surface area contributed by atoms with E-state index in [4.69, 9.17) is 0 Å². The summed E-state index contributed by atoms with van der Waals surface area (Å²) in [5.74, 6) is -0.113. The van der Waals surface area contributed by atoms with Gasteiger partial charge in [0.05, 0.1) is 11.3 Å². The number of nitrogens with zero attached hydrogens (tertiary/aromatic N) is 1. The molecule has 1 amide bonds. The molecule has 4 nitrogen and oxygen atoms in total. The van der Waals surface area contributed by atoms with Crippen molar-refractivity contribution in [2.45, 2.75) is 13.5 Å². The first-order valence-electron chi connectivity index (χ1n) is 5.64. The average Bonchev–Trinajstić information content (AvgIpc) is 2.88. The third-order valence-electron chi connectivity index (χ3n) is 2.59. The molecule has 0 aliphatic carbocycles. The number of amides is 1. The molecule has 5 heteroatoms. The Labute approximate surface area is 110 Å². The van der Waals surface area contributed by atoms with Crippen molar-refractivity contribution >= 4 is 22.9 Å². The number of pyridine rings is 1. The van der Waals surface area contributed by atoms with E-state index in [-0.39, 0.29) is 5.91 Å². The molecule has 0 spiro atoms. The van der Waals surface area contributed by atoms with E-state index in [1.165, 1.54) is 0 Å². The molecule has 0 saturated heterocycles. The van der Waals surface area contributed by atoms with Crippen molar-refractivity contribution in [3.8, 4) is 0 Å². The van der Waals surface area contributed by atoms with E-state index >= 15 is 0 Å². The van der Waals surface area contributed by atoms with Gasteiger partial charge in [-0.3, -0.25) is 9.78 Å². The Hall–Kier alpha value is -1.88. The largest absolute Gasteiger partial charge is 0.387 e. The van der Waals surface area contributed by atoms with E-state index < -0.39 is 0 Å². The first-order valence-corrected chi connectivity index (χ1v) is 6.58. The lowest BCUT2D eigenvalue weighted by Crippen LogP contribution is -2.23. The quantitative estimate of drug-likeness (QED) is 0.888. The van der Waals surface area contributed by atoms with E-state index in [2.05, 4.69) is 15.6 Å². The van der Waals surface area contributed by atoms with Gasteiger partial charge in [0, 0.05) is 25.5 Å². The lowest BCUT2D eigenvalue weighted by molar-refractivity contribution is 0.0951. The molecule has 0 aliphatic rings. The van der Waals surface area contributed by atoms with E-state index in [1.54, 1.807) is 24.6 Å². The van der Waals surface area contributed by atoms with Gasteiger partial charge >= 0.3 is 0 Å². The van der Waals surface area contributed by atoms with Crippen molar-refractivity contribution in [2.24, 2.45) is 0 Å². The Morgan fingerprint density at radius 3 is 3.00 bits per heavy atom. The molecule has 94 valence electrons. The Balaban J connectivity index is 2.09. The summed E-state index contributed by atoms with van der Waals surface area (Å²) in [6.45, 7) is 2.44. The fourth-order valence-electron chi connectivity index (χ4n) is 1.62. The second-order valence-electron chi connectivity index (χ2n) is 3.94. The zero-order valence-corrected chi connectivity index (χ0v) is 11.2. The van der Waals surface area contributed by atoms with E-state index in [0.717, 1.165) is 16.9 Å². The molecule has 0 bridgehead atoms. The highest BCUT2D eigenvalue weighted by Crippen LogP contribution is 2.15. The number of nitrogens with one attached hydrogen (secondary N) is 2. The normalized spacial score (nSPS) is 10.1. The minimum atomic E-state index is -0.113. The lowest BCUT2D eigenvalue weighted by atomic mass is 10.2. The smallest absolute Gasteiger partial charge is 0.255 e. The van der Waals surface area contributed by atoms with Gasteiger partial charge in [-0.25, -0.2) is 0 Å². The molecule has 2 N–H and O–H groups in total. The summed E-state index contributed by atoms with van der Waals surface area (Å²) < 4.78 is 0. The Morgan fingerprint density at radius 1 is 1.50 bits per heavy atom. The summed E-state index contributed by atoms with van der Waals surface area (Å²) in [6.07, 6.45) is 1.60. The average molecular weight is 261 g/mol. The summed E-state index contributed by atoms with van der Waals surface area (Å²) in [4.78, 5) is 16.2. The van der Waals surface area contributed by atoms with E-state index in [1.807, 2.05) is 29.8 Å². The van der Waals surface area contributed by atoms with Crippen LogP contribution in [0.15, 0.2) is 29.1 Å². The summed E-state index contributed by atoms with van der Waals surface area (Å²) in [7, 11) is 1.80. The predicted molar refractivity (Wildman–Crippen MR) is 74.0 cm³/mol. The monoisotopic (exact) mass is 261 g/mol. The molecule has 2 heterocycles. The molecule has 2 rings (SSSR count). The van der Waals surface area contributed by atoms with Gasteiger partial charge in [-0.1, -0.05) is 0 Å². The maximum Gasteiger partial charge on any atom is 0.255 e. The number of thiophene rings is 1. The summed E-state index contributed by atoms with van der Waals surface area (Å²) in [6, 6.07) is 3.86. The van der Waals surface area contributed by atoms with E-state index in [9.17, 15) is 4.79 Å². The summed E-state index contributed by atoms with van der Waals surface area (Å²) in [5.41, 5.74) is 3.36. The van der Waals surface area contributed by atoms with Crippen LogP contribution in [-0.4, -0.2) is 17.9 Å². The van der Waals surface area contributed by atoms with Crippen LogP contribution in [0.4, 0.5) is 5.69 Å². The number of rotatable bonds is 4. The molecule has 0 aliphatic heterocycles. The predicted octanol–water partition coefficient (Wildman–Crippen LogP) is 2.42. The van der Waals surface area contributed by atoms with Crippen LogP contribution in [0, 0.1) is 6.92 Å². The highest BCUT2D eigenvalue weighted by atomic mass is 32.1. The van der Waals surface area contributed by atoms with Crippen molar-refractivity contribution in [1.29, 1.82) is 0 Å². The number of carbonyl (C=O) groups excluding carboxylic acids is 1. The molecule has 0 unspecified atom stereocenters. The van der Waals surface area contributed by atoms with Gasteiger partial charge < -0.3 is 10.6 Å². The number of carbonyl (C=O) groups is 1. The SMILES string of the molecule is CNc1cc(C)ncc1C(=O)NCc1ccsc1. The van der Waals surface area contributed by atoms with Crippen LogP contribution in [0.25, 0.3) is 0 Å². The molecule has 0 radical (unpaired) electrons. The standard InChI is InChI=1S/C13H15N3OS/c1-9-5-12(14-2)11(7-15-9)13(17)16-6-10-3-4-18-8-10/h3-5,7-8H,6H2,1-2H3,(H,14,15)(H,16,17). The lowest BCUT2D eigenvalue weighted by Gasteiger charge is -2.09. The van der Waals surface area contributed by atoms with Crippen LogP contribution >= 0.6 is 11.3 Å². The molecular formula is C13H15N3OS. The summed E-state index contributed by atoms with van der Waals surface area (Å²) in [5, 5.41) is 9.91. The van der Waals surface area contributed by atoms with Gasteiger partial charge in [0.15, 0.2) is 0 Å². The number of hydrogen-bond acceptors (Lipinski definition) is 4. The molecule has 0 fully saturated rings. The molecule has 0 aromatic carbocycles. The number of hydrogen-bond donors (Lipinski definition) is 2. The molecule has 0 atom stereocenters. The van der Waals surface area contributed by atoms with Gasteiger partial charge in [-0.2, -0.15) is 11.3 Å². The molecule has 18 heavy (non-hydrogen) atoms. The number of aryl methyl sites for hydroxylation is 1. The third-order valence-corrected chi connectivity index (χ3v) is 3.32. The Morgan fingerprint density at radius 2 is 2.33 bits per heavy atom. The molecular weight excluding hydrogens is 246 g/mol. The highest BCUT2D eigenvalue weighted by molar-refractivity contribution is 7.07. The minimum absolute atomic E-state index is 0.113. The molecule has 2 aromatic heterocycles. The molecule has 2 aromatic rings. The maximum atomic E-state index is 12.0. The summed E-state index contributed by atoms with van der Waals surface area (Å²) >= 11 is 1.62. The zero-order chi connectivity index (χ0) is 13.0. The van der Waals surface area contributed by atoms with E-state index in [0.29, 0.717) is 12.1 Å². The topological polar surface area (TPSA) is 54.0 Å². The fourth-order valence-corrected chi connectivity index (χ4v) is 2.29. The fraction of sp³-hybridized carbons (Fsp3) is 0.231. The van der Waals surface area contributed by atoms with Crippen LogP contribution in [0.3, 0.4) is 0 Å². The molecule has 0 saturated carbocycles. The third kappa shape index (κ3) is 2.87. The second kappa shape index (κ2) is 5.64. The van der Waals surface area contributed by atoms with Crippen molar-refractivity contribution in [1.82, 2.24) is 10.3 Å². The van der Waals surface area contributed by atoms with Crippen molar-refractivity contribution in [2.75, 3.05) is 12.4 Å². The minimum Gasteiger partial charge on any atom is -0.387 e. The zero-order valence-electron chi connectivity index (χ0n) is 10.4. The van der Waals surface area contributed by atoms with Crippen LogP contribution in [0.5, 0.6) is 0 Å².